The molecule has 1 fully saturated rings. The van der Waals surface area contributed by atoms with E-state index >= 15 is 0 Å². The molecule has 0 aliphatic carbocycles. The molecule has 17 heteroatoms. The average molecular weight is 689 g/mol. The molecule has 242 valence electrons. The third-order valence-electron chi connectivity index (χ3n) is 7.06. The maximum atomic E-state index is 12.3. The molecule has 4 aromatic rings. The quantitative estimate of drug-likeness (QED) is 0.137. The van der Waals surface area contributed by atoms with Gasteiger partial charge in [0.25, 0.3) is 21.9 Å². The minimum Gasteiger partial charge on any atom is -0.370 e. The van der Waals surface area contributed by atoms with Crippen LogP contribution in [-0.2, 0) is 39.6 Å². The number of hydroxylamine groups is 2. The fourth-order valence-electron chi connectivity index (χ4n) is 4.86. The number of aromatic nitrogens is 1. The molecule has 3 N–H and O–H groups in total. The molecule has 3 aromatic carbocycles. The van der Waals surface area contributed by atoms with Gasteiger partial charge in [-0.2, -0.15) is 21.6 Å². The fourth-order valence-corrected chi connectivity index (χ4v) is 6.92. The third-order valence-corrected chi connectivity index (χ3v) is 9.79. The Hall–Kier alpha value is -4.26. The van der Waals surface area contributed by atoms with E-state index in [-0.39, 0.29) is 37.5 Å². The Balaban J connectivity index is 1.22. The van der Waals surface area contributed by atoms with Crippen molar-refractivity contribution in [3.8, 4) is 0 Å². The first-order valence-corrected chi connectivity index (χ1v) is 17.6. The number of imide groups is 1. The number of hydrogen-bond acceptors (Lipinski definition) is 11. The van der Waals surface area contributed by atoms with E-state index in [1.165, 1.54) is 0 Å². The van der Waals surface area contributed by atoms with Gasteiger partial charge in [0.15, 0.2) is 5.25 Å². The number of thiazole rings is 1. The van der Waals surface area contributed by atoms with Gasteiger partial charge in [0.1, 0.15) is 5.01 Å². The minimum atomic E-state index is -4.85. The van der Waals surface area contributed by atoms with E-state index in [0.29, 0.717) is 5.69 Å². The van der Waals surface area contributed by atoms with Crippen LogP contribution in [0.25, 0.3) is 33.1 Å². The van der Waals surface area contributed by atoms with Crippen LogP contribution in [0.15, 0.2) is 60.7 Å². The molecule has 1 atom stereocenters. The predicted octanol–water partition coefficient (Wildman–Crippen LogP) is 3.07. The number of nitrogens with zero attached hydrogens (tertiary/aromatic N) is 3. The lowest BCUT2D eigenvalue weighted by Gasteiger charge is -2.25. The van der Waals surface area contributed by atoms with Crippen molar-refractivity contribution in [2.75, 3.05) is 24.5 Å². The van der Waals surface area contributed by atoms with Crippen LogP contribution in [0.3, 0.4) is 0 Å². The molecule has 46 heavy (non-hydrogen) atoms. The zero-order chi connectivity index (χ0) is 33.1. The number of carbonyl (C=O) groups excluding carboxylic acids is 3. The van der Waals surface area contributed by atoms with Crippen molar-refractivity contribution >= 4 is 88.4 Å². The molecule has 0 spiro atoms. The van der Waals surface area contributed by atoms with Crippen LogP contribution in [0, 0.1) is 0 Å². The van der Waals surface area contributed by atoms with Crippen molar-refractivity contribution in [2.24, 2.45) is 0 Å². The van der Waals surface area contributed by atoms with Crippen LogP contribution >= 0.6 is 11.3 Å². The SMILES string of the molecule is O=C(CCCN(CCNS(=O)(=O)O)c1ccc(C=Cc2nc3ccc4ccccc4c3s2)cc1)ON1C(=O)CC(S(=O)(=O)O)C1=O. The van der Waals surface area contributed by atoms with Gasteiger partial charge in [-0.25, -0.2) is 9.78 Å². The Bertz CT molecular complexity index is 2040. The highest BCUT2D eigenvalue weighted by molar-refractivity contribution is 7.87. The maximum Gasteiger partial charge on any atom is 0.333 e. The number of fused-ring (bicyclic) bond motifs is 3. The van der Waals surface area contributed by atoms with Crippen molar-refractivity contribution < 1.29 is 45.2 Å². The summed E-state index contributed by atoms with van der Waals surface area (Å²) in [6.07, 6.45) is 2.84. The zero-order valence-corrected chi connectivity index (χ0v) is 26.4. The summed E-state index contributed by atoms with van der Waals surface area (Å²) in [6, 6.07) is 19.5. The lowest BCUT2D eigenvalue weighted by molar-refractivity contribution is -0.197. The van der Waals surface area contributed by atoms with Gasteiger partial charge >= 0.3 is 16.3 Å². The van der Waals surface area contributed by atoms with Crippen LogP contribution in [0.4, 0.5) is 5.69 Å². The van der Waals surface area contributed by atoms with Crippen LogP contribution in [0.1, 0.15) is 29.8 Å². The number of nitrogens with one attached hydrogen (secondary N) is 1. The normalized spacial score (nSPS) is 15.8. The molecule has 2 heterocycles. The van der Waals surface area contributed by atoms with Crippen LogP contribution in [0.5, 0.6) is 0 Å². The summed E-state index contributed by atoms with van der Waals surface area (Å²) in [5.41, 5.74) is 2.46. The van der Waals surface area contributed by atoms with E-state index in [9.17, 15) is 31.2 Å². The molecule has 5 rings (SSSR count). The van der Waals surface area contributed by atoms with Crippen LogP contribution in [0.2, 0.25) is 0 Å². The van der Waals surface area contributed by atoms with E-state index in [1.54, 1.807) is 28.4 Å². The van der Waals surface area contributed by atoms with Gasteiger partial charge in [-0.3, -0.25) is 18.7 Å². The van der Waals surface area contributed by atoms with Crippen LogP contribution < -0.4 is 9.62 Å². The highest BCUT2D eigenvalue weighted by Crippen LogP contribution is 2.31. The van der Waals surface area contributed by atoms with Crippen LogP contribution in [-0.4, -0.2) is 78.7 Å². The molecule has 1 saturated heterocycles. The monoisotopic (exact) mass is 688 g/mol. The zero-order valence-electron chi connectivity index (χ0n) is 24.0. The molecule has 0 bridgehead atoms. The Labute approximate surface area is 267 Å². The standard InChI is InChI=1S/C29H28N4O10S3/c34-26-18-24(45(37,38)39)29(36)33(26)43-27(35)6-3-16-32(17-15-30-46(40,41)42)21-11-7-19(8-12-21)9-14-25-31-23-13-10-20-4-1-2-5-22(20)28(23)44-25/h1-2,4-5,7-14,24,30H,3,6,15-18H2,(H,37,38,39)(H,40,41,42). The number of hydrogen-bond donors (Lipinski definition) is 3. The summed E-state index contributed by atoms with van der Waals surface area (Å²) in [5.74, 6) is -3.42. The van der Waals surface area contributed by atoms with Gasteiger partial charge in [0, 0.05) is 37.1 Å². The third kappa shape index (κ3) is 8.11. The number of amides is 2. The largest absolute Gasteiger partial charge is 0.370 e. The highest BCUT2D eigenvalue weighted by Gasteiger charge is 2.48. The molecule has 1 aliphatic heterocycles. The molecule has 2 amide bonds. The first-order valence-electron chi connectivity index (χ1n) is 13.9. The number of anilines is 1. The molecule has 0 radical (unpaired) electrons. The number of rotatable bonds is 13. The Morgan fingerprint density at radius 1 is 1.02 bits per heavy atom. The Morgan fingerprint density at radius 2 is 1.76 bits per heavy atom. The van der Waals surface area contributed by atoms with Crippen molar-refractivity contribution in [3.05, 3.63) is 71.2 Å². The van der Waals surface area contributed by atoms with Crippen molar-refractivity contribution in [3.63, 3.8) is 0 Å². The molecule has 1 unspecified atom stereocenters. The smallest absolute Gasteiger partial charge is 0.333 e. The summed E-state index contributed by atoms with van der Waals surface area (Å²) in [7, 11) is -9.28. The first kappa shape index (κ1) is 33.1. The van der Waals surface area contributed by atoms with E-state index < -0.39 is 49.9 Å². The van der Waals surface area contributed by atoms with Gasteiger partial charge in [-0.15, -0.1) is 16.4 Å². The molecular formula is C29H28N4O10S3. The number of benzene rings is 3. The lowest BCUT2D eigenvalue weighted by Crippen LogP contribution is -2.37. The van der Waals surface area contributed by atoms with Crippen molar-refractivity contribution in [1.82, 2.24) is 14.8 Å². The summed E-state index contributed by atoms with van der Waals surface area (Å²) in [4.78, 5) is 47.6. The second kappa shape index (κ2) is 13.6. The highest BCUT2D eigenvalue weighted by atomic mass is 32.2. The second-order valence-corrected chi connectivity index (χ2v) is 14.1. The predicted molar refractivity (Wildman–Crippen MR) is 171 cm³/mol. The second-order valence-electron chi connectivity index (χ2n) is 10.3. The van der Waals surface area contributed by atoms with E-state index in [0.717, 1.165) is 31.6 Å². The maximum absolute atomic E-state index is 12.3. The molecular weight excluding hydrogens is 661 g/mol. The summed E-state index contributed by atoms with van der Waals surface area (Å²) in [5, 5.41) is 1.13. The van der Waals surface area contributed by atoms with E-state index in [2.05, 4.69) is 12.1 Å². The summed E-state index contributed by atoms with van der Waals surface area (Å²) in [6.45, 7) is 0.167. The summed E-state index contributed by atoms with van der Waals surface area (Å²) >= 11 is 1.59. The Morgan fingerprint density at radius 3 is 2.46 bits per heavy atom. The molecule has 1 aromatic heterocycles. The first-order chi connectivity index (χ1) is 21.8. The van der Waals surface area contributed by atoms with Crippen molar-refractivity contribution in [2.45, 2.75) is 24.5 Å². The van der Waals surface area contributed by atoms with E-state index in [1.807, 2.05) is 53.3 Å². The van der Waals surface area contributed by atoms with Crippen molar-refractivity contribution in [1.29, 1.82) is 0 Å². The molecule has 14 nitrogen and oxygen atoms in total. The Kier molecular flexibility index (Phi) is 9.80. The van der Waals surface area contributed by atoms with Gasteiger partial charge in [0.05, 0.1) is 16.6 Å². The molecule has 1 aliphatic rings. The number of carbonyl (C=O) groups is 3. The fraction of sp³-hybridized carbons (Fsp3) is 0.241. The van der Waals surface area contributed by atoms with Gasteiger partial charge in [-0.1, -0.05) is 48.5 Å². The summed E-state index contributed by atoms with van der Waals surface area (Å²) < 4.78 is 66.1. The molecule has 0 saturated carbocycles. The van der Waals surface area contributed by atoms with E-state index in [4.69, 9.17) is 18.9 Å². The minimum absolute atomic E-state index is 0.0390. The average Bonchev–Trinajstić information content (AvgIpc) is 3.55. The topological polar surface area (TPSA) is 201 Å². The van der Waals surface area contributed by atoms with Gasteiger partial charge in [0.2, 0.25) is 0 Å². The van der Waals surface area contributed by atoms with Gasteiger partial charge in [-0.05, 0) is 41.6 Å². The lowest BCUT2D eigenvalue weighted by atomic mass is 10.1. The van der Waals surface area contributed by atoms with Gasteiger partial charge < -0.3 is 9.74 Å².